The van der Waals surface area contributed by atoms with Gasteiger partial charge in [0.15, 0.2) is 0 Å². The fraction of sp³-hybridized carbons (Fsp3) is 0.524. The molecule has 2 heterocycles. The van der Waals surface area contributed by atoms with Gasteiger partial charge in [0, 0.05) is 4.75 Å². The number of rotatable bonds is 8. The van der Waals surface area contributed by atoms with Crippen molar-refractivity contribution in [3.63, 3.8) is 0 Å². The number of thioether (sulfide) groups is 1. The summed E-state index contributed by atoms with van der Waals surface area (Å²) in [6.45, 7) is 5.10. The zero-order valence-electron chi connectivity index (χ0n) is 18.1. The van der Waals surface area contributed by atoms with Crippen LogP contribution in [-0.2, 0) is 35.1 Å². The number of ether oxygens (including phenoxy) is 4. The van der Waals surface area contributed by atoms with Crippen molar-refractivity contribution in [2.45, 2.75) is 56.0 Å². The van der Waals surface area contributed by atoms with Crippen LogP contribution >= 0.6 is 11.8 Å². The average molecular weight is 467 g/mol. The molecule has 1 N–H and O–H groups in total. The molecule has 32 heavy (non-hydrogen) atoms. The molecule has 0 spiro atoms. The number of carbonyl (C=O) groups excluding carboxylic acids is 4. The van der Waals surface area contributed by atoms with Crippen molar-refractivity contribution < 1.29 is 38.1 Å². The highest BCUT2D eigenvalue weighted by Gasteiger charge is 2.64. The molecule has 0 aliphatic carbocycles. The Morgan fingerprint density at radius 2 is 1.81 bits per heavy atom. The third-order valence-electron chi connectivity index (χ3n) is 4.95. The number of benzene rings is 1. The molecule has 2 amide bonds. The van der Waals surface area contributed by atoms with E-state index in [-0.39, 0.29) is 13.2 Å². The summed E-state index contributed by atoms with van der Waals surface area (Å²) in [5.41, 5.74) is 0.823. The van der Waals surface area contributed by atoms with Crippen molar-refractivity contribution in [2.75, 3.05) is 13.4 Å². The van der Waals surface area contributed by atoms with Crippen molar-refractivity contribution in [2.24, 2.45) is 0 Å². The van der Waals surface area contributed by atoms with Gasteiger partial charge in [-0.1, -0.05) is 37.3 Å². The standard InChI is InChI=1S/C21H26N2O8S/c1-4-10-28-20(27)31-12-30-18(25)15-21(2,3)32-17-14(16(24)23(15)17)22-19(26)29-11-13-8-6-5-7-9-13/h5-9,14-15,17H,4,10-12H2,1-3H3,(H,22,26)/t14-,15+,17-/m1/s1. The molecule has 0 unspecified atom stereocenters. The molecule has 0 radical (unpaired) electrons. The second kappa shape index (κ2) is 10.1. The van der Waals surface area contributed by atoms with Crippen LogP contribution in [0.25, 0.3) is 0 Å². The van der Waals surface area contributed by atoms with Gasteiger partial charge >= 0.3 is 18.2 Å². The van der Waals surface area contributed by atoms with E-state index in [1.807, 2.05) is 37.3 Å². The maximum Gasteiger partial charge on any atom is 0.511 e. The number of amides is 2. The van der Waals surface area contributed by atoms with Gasteiger partial charge in [-0.2, -0.15) is 0 Å². The SMILES string of the molecule is CCCOC(=O)OCOC(=O)[C@@H]1N2C(=O)[C@@H](NC(=O)OCc3ccccc3)[C@H]2SC1(C)C. The maximum absolute atomic E-state index is 12.7. The molecule has 11 heteroatoms. The molecule has 10 nitrogen and oxygen atoms in total. The van der Waals surface area contributed by atoms with Crippen molar-refractivity contribution in [1.29, 1.82) is 0 Å². The van der Waals surface area contributed by atoms with Gasteiger partial charge < -0.3 is 29.2 Å². The Hall–Kier alpha value is -2.95. The lowest BCUT2D eigenvalue weighted by Crippen LogP contribution is -2.70. The molecule has 174 valence electrons. The van der Waals surface area contributed by atoms with Crippen LogP contribution in [0.4, 0.5) is 9.59 Å². The maximum atomic E-state index is 12.7. The highest BCUT2D eigenvalue weighted by molar-refractivity contribution is 8.01. The first-order valence-corrected chi connectivity index (χ1v) is 11.1. The number of carbonyl (C=O) groups is 4. The third kappa shape index (κ3) is 5.26. The zero-order chi connectivity index (χ0) is 23.3. The minimum absolute atomic E-state index is 0.0796. The highest BCUT2D eigenvalue weighted by Crippen LogP contribution is 2.51. The van der Waals surface area contributed by atoms with Gasteiger partial charge in [-0.25, -0.2) is 14.4 Å². The lowest BCUT2D eigenvalue weighted by molar-refractivity contribution is -0.169. The molecule has 3 rings (SSSR count). The molecule has 3 atom stereocenters. The average Bonchev–Trinajstić information content (AvgIpc) is 3.03. The molecule has 2 saturated heterocycles. The minimum Gasteiger partial charge on any atom is -0.445 e. The summed E-state index contributed by atoms with van der Waals surface area (Å²) in [4.78, 5) is 50.2. The van der Waals surface area contributed by atoms with Gasteiger partial charge in [0.2, 0.25) is 12.7 Å². The van der Waals surface area contributed by atoms with Crippen LogP contribution in [-0.4, -0.2) is 64.6 Å². The first-order valence-electron chi connectivity index (χ1n) is 10.2. The number of nitrogens with zero attached hydrogens (tertiary/aromatic N) is 1. The van der Waals surface area contributed by atoms with Gasteiger partial charge in [-0.3, -0.25) is 4.79 Å². The van der Waals surface area contributed by atoms with Gasteiger partial charge in [-0.05, 0) is 25.8 Å². The van der Waals surface area contributed by atoms with E-state index in [1.54, 1.807) is 13.8 Å². The third-order valence-corrected chi connectivity index (χ3v) is 6.52. The van der Waals surface area contributed by atoms with E-state index < -0.39 is 53.1 Å². The van der Waals surface area contributed by atoms with Crippen LogP contribution in [0.3, 0.4) is 0 Å². The Labute approximate surface area is 189 Å². The largest absolute Gasteiger partial charge is 0.511 e. The number of hydrogen-bond acceptors (Lipinski definition) is 9. The topological polar surface area (TPSA) is 120 Å². The van der Waals surface area contributed by atoms with E-state index in [4.69, 9.17) is 18.9 Å². The molecule has 0 aromatic heterocycles. The van der Waals surface area contributed by atoms with Crippen molar-refractivity contribution >= 4 is 35.9 Å². The summed E-state index contributed by atoms with van der Waals surface area (Å²) in [6, 6.07) is 7.47. The number of nitrogens with one attached hydrogen (secondary N) is 1. The number of fused-ring (bicyclic) bond motifs is 1. The Kier molecular flexibility index (Phi) is 7.49. The minimum atomic E-state index is -0.934. The van der Waals surface area contributed by atoms with Gasteiger partial charge in [-0.15, -0.1) is 11.8 Å². The predicted molar refractivity (Wildman–Crippen MR) is 113 cm³/mol. The Balaban J connectivity index is 1.51. The molecule has 2 aliphatic heterocycles. The summed E-state index contributed by atoms with van der Waals surface area (Å²) >= 11 is 1.37. The van der Waals surface area contributed by atoms with E-state index in [2.05, 4.69) is 5.32 Å². The number of esters is 1. The Morgan fingerprint density at radius 3 is 2.50 bits per heavy atom. The molecule has 1 aromatic carbocycles. The molecular weight excluding hydrogens is 440 g/mol. The molecule has 1 aromatic rings. The van der Waals surface area contributed by atoms with E-state index in [0.717, 1.165) is 5.56 Å². The van der Waals surface area contributed by atoms with Crippen molar-refractivity contribution in [3.05, 3.63) is 35.9 Å². The molecule has 0 saturated carbocycles. The van der Waals surface area contributed by atoms with Crippen LogP contribution in [0.2, 0.25) is 0 Å². The monoisotopic (exact) mass is 466 g/mol. The number of β-lactam (4-membered cyclic amide) rings is 1. The fourth-order valence-corrected chi connectivity index (χ4v) is 5.08. The van der Waals surface area contributed by atoms with Crippen LogP contribution in [0, 0.1) is 0 Å². The molecule has 2 aliphatic rings. The molecule has 2 fully saturated rings. The van der Waals surface area contributed by atoms with E-state index >= 15 is 0 Å². The quantitative estimate of drug-likeness (QED) is 0.266. The first kappa shape index (κ1) is 23.7. The summed E-state index contributed by atoms with van der Waals surface area (Å²) in [6.07, 6.45) is -1.01. The van der Waals surface area contributed by atoms with Gasteiger partial charge in [0.1, 0.15) is 24.1 Å². The first-order chi connectivity index (χ1) is 15.2. The zero-order valence-corrected chi connectivity index (χ0v) is 18.9. The van der Waals surface area contributed by atoms with Crippen molar-refractivity contribution in [1.82, 2.24) is 10.2 Å². The predicted octanol–water partition coefficient (Wildman–Crippen LogP) is 2.41. The lowest BCUT2D eigenvalue weighted by atomic mass is 9.96. The van der Waals surface area contributed by atoms with Crippen LogP contribution in [0.5, 0.6) is 0 Å². The number of hydrogen-bond donors (Lipinski definition) is 1. The Bertz CT molecular complexity index is 863. The van der Waals surface area contributed by atoms with Crippen LogP contribution in [0.1, 0.15) is 32.8 Å². The van der Waals surface area contributed by atoms with E-state index in [0.29, 0.717) is 6.42 Å². The highest BCUT2D eigenvalue weighted by atomic mass is 32.2. The second-order valence-corrected chi connectivity index (χ2v) is 9.54. The van der Waals surface area contributed by atoms with Crippen LogP contribution < -0.4 is 5.32 Å². The normalized spacial score (nSPS) is 22.9. The fourth-order valence-electron chi connectivity index (χ4n) is 3.46. The van der Waals surface area contributed by atoms with E-state index in [1.165, 1.54) is 16.7 Å². The summed E-state index contributed by atoms with van der Waals surface area (Å²) in [7, 11) is 0. The number of alkyl carbamates (subject to hydrolysis) is 1. The van der Waals surface area contributed by atoms with Gasteiger partial charge in [0.25, 0.3) is 0 Å². The summed E-state index contributed by atoms with van der Waals surface area (Å²) in [5, 5.41) is 2.14. The molecule has 0 bridgehead atoms. The summed E-state index contributed by atoms with van der Waals surface area (Å²) < 4.78 is 19.0. The second-order valence-electron chi connectivity index (χ2n) is 7.77. The van der Waals surface area contributed by atoms with E-state index in [9.17, 15) is 19.2 Å². The Morgan fingerprint density at radius 1 is 1.09 bits per heavy atom. The van der Waals surface area contributed by atoms with Gasteiger partial charge in [0.05, 0.1) is 6.61 Å². The van der Waals surface area contributed by atoms with Crippen molar-refractivity contribution in [3.8, 4) is 0 Å². The summed E-state index contributed by atoms with van der Waals surface area (Å²) in [5.74, 6) is -1.11. The smallest absolute Gasteiger partial charge is 0.445 e. The lowest BCUT2D eigenvalue weighted by Gasteiger charge is -2.43. The van der Waals surface area contributed by atoms with Crippen LogP contribution in [0.15, 0.2) is 30.3 Å². The molecular formula is C21H26N2O8S.